The average molecular weight is 284 g/mol. The molecule has 0 atom stereocenters. The Bertz CT molecular complexity index is 657. The third kappa shape index (κ3) is 2.82. The van der Waals surface area contributed by atoms with E-state index in [1.54, 1.807) is 6.07 Å². The monoisotopic (exact) mass is 284 g/mol. The predicted molar refractivity (Wildman–Crippen MR) is 79.8 cm³/mol. The number of rotatable bonds is 3. The Labute approximate surface area is 123 Å². The topological polar surface area (TPSA) is 26.3 Å². The normalized spacial score (nSPS) is 14.6. The van der Waals surface area contributed by atoms with Crippen LogP contribution >= 0.6 is 0 Å². The zero-order valence-electron chi connectivity index (χ0n) is 11.9. The van der Waals surface area contributed by atoms with Gasteiger partial charge in [0, 0.05) is 0 Å². The molecular formula is C18H17FO2. The zero-order valence-corrected chi connectivity index (χ0v) is 11.9. The van der Waals surface area contributed by atoms with Crippen molar-refractivity contribution in [2.75, 3.05) is 7.11 Å². The highest BCUT2D eigenvalue weighted by Gasteiger charge is 2.19. The van der Waals surface area contributed by atoms with Crippen LogP contribution in [0.3, 0.4) is 0 Å². The average Bonchev–Trinajstić information content (AvgIpc) is 2.45. The van der Waals surface area contributed by atoms with Crippen molar-refractivity contribution in [2.24, 2.45) is 0 Å². The van der Waals surface area contributed by atoms with Gasteiger partial charge in [0.25, 0.3) is 0 Å². The molecule has 0 saturated heterocycles. The number of hydrogen-bond donors (Lipinski definition) is 0. The number of halogens is 1. The van der Waals surface area contributed by atoms with Gasteiger partial charge in [0.15, 0.2) is 0 Å². The van der Waals surface area contributed by atoms with E-state index in [0.717, 1.165) is 5.56 Å². The third-order valence-electron chi connectivity index (χ3n) is 4.14. The minimum Gasteiger partial charge on any atom is -0.465 e. The van der Waals surface area contributed by atoms with Gasteiger partial charge in [0.05, 0.1) is 12.7 Å². The zero-order chi connectivity index (χ0) is 14.8. The molecule has 0 aliphatic heterocycles. The molecule has 3 rings (SSSR count). The summed E-state index contributed by atoms with van der Waals surface area (Å²) in [5.74, 6) is -0.282. The molecule has 1 aliphatic carbocycles. The summed E-state index contributed by atoms with van der Waals surface area (Å²) in [5, 5.41) is 0. The Balaban J connectivity index is 1.92. The van der Waals surface area contributed by atoms with Crippen molar-refractivity contribution in [2.45, 2.75) is 25.2 Å². The van der Waals surface area contributed by atoms with E-state index in [1.807, 2.05) is 12.1 Å². The molecule has 0 unspecified atom stereocenters. The Morgan fingerprint density at radius 1 is 1.10 bits per heavy atom. The first kappa shape index (κ1) is 13.8. The number of carbonyl (C=O) groups is 1. The second kappa shape index (κ2) is 5.68. The fourth-order valence-corrected chi connectivity index (χ4v) is 2.68. The lowest BCUT2D eigenvalue weighted by Gasteiger charge is -2.25. The lowest BCUT2D eigenvalue weighted by molar-refractivity contribution is 0.0600. The highest BCUT2D eigenvalue weighted by molar-refractivity contribution is 5.91. The molecule has 2 nitrogen and oxygen atoms in total. The summed E-state index contributed by atoms with van der Waals surface area (Å²) >= 11 is 0. The minimum atomic E-state index is -0.526. The minimum absolute atomic E-state index is 0.232. The molecule has 21 heavy (non-hydrogen) atoms. The van der Waals surface area contributed by atoms with Gasteiger partial charge < -0.3 is 4.74 Å². The van der Waals surface area contributed by atoms with Crippen molar-refractivity contribution in [3.05, 3.63) is 59.4 Å². The maximum Gasteiger partial charge on any atom is 0.337 e. The van der Waals surface area contributed by atoms with Crippen LogP contribution < -0.4 is 0 Å². The lowest BCUT2D eigenvalue weighted by atomic mass is 9.80. The quantitative estimate of drug-likeness (QED) is 0.773. The molecule has 3 heteroatoms. The molecule has 1 fully saturated rings. The van der Waals surface area contributed by atoms with Crippen LogP contribution in [0.15, 0.2) is 42.5 Å². The number of methoxy groups -OCH3 is 1. The SMILES string of the molecule is COC(=O)c1cc(F)cc(-c2ccc(C3CCC3)cc2)c1. The number of ether oxygens (including phenoxy) is 1. The summed E-state index contributed by atoms with van der Waals surface area (Å²) in [6.45, 7) is 0. The standard InChI is InChI=1S/C18H17FO2/c1-21-18(20)16-9-15(10-17(19)11-16)14-7-5-13(6-8-14)12-3-2-4-12/h5-12H,2-4H2,1H3. The third-order valence-corrected chi connectivity index (χ3v) is 4.14. The molecule has 1 saturated carbocycles. The molecule has 0 bridgehead atoms. The van der Waals surface area contributed by atoms with Crippen LogP contribution in [0.5, 0.6) is 0 Å². The van der Waals surface area contributed by atoms with E-state index in [-0.39, 0.29) is 5.56 Å². The van der Waals surface area contributed by atoms with Gasteiger partial charge in [-0.3, -0.25) is 0 Å². The van der Waals surface area contributed by atoms with E-state index < -0.39 is 11.8 Å². The highest BCUT2D eigenvalue weighted by Crippen LogP contribution is 2.37. The van der Waals surface area contributed by atoms with Crippen LogP contribution in [-0.2, 0) is 4.74 Å². The van der Waals surface area contributed by atoms with E-state index >= 15 is 0 Å². The molecule has 0 aromatic heterocycles. The predicted octanol–water partition coefficient (Wildman–Crippen LogP) is 4.55. The van der Waals surface area contributed by atoms with Crippen LogP contribution in [0, 0.1) is 5.82 Å². The van der Waals surface area contributed by atoms with Gasteiger partial charge in [-0.2, -0.15) is 0 Å². The molecule has 0 heterocycles. The second-order valence-electron chi connectivity index (χ2n) is 5.47. The largest absolute Gasteiger partial charge is 0.465 e. The Kier molecular flexibility index (Phi) is 3.74. The first-order valence-electron chi connectivity index (χ1n) is 7.16. The van der Waals surface area contributed by atoms with Crippen molar-refractivity contribution in [1.29, 1.82) is 0 Å². The fraction of sp³-hybridized carbons (Fsp3) is 0.278. The summed E-state index contributed by atoms with van der Waals surface area (Å²) in [6, 6.07) is 12.5. The molecule has 2 aromatic carbocycles. The van der Waals surface area contributed by atoms with Gasteiger partial charge in [-0.1, -0.05) is 30.7 Å². The fourth-order valence-electron chi connectivity index (χ4n) is 2.68. The van der Waals surface area contributed by atoms with Crippen LogP contribution in [-0.4, -0.2) is 13.1 Å². The number of esters is 1. The van der Waals surface area contributed by atoms with Gasteiger partial charge in [0.2, 0.25) is 0 Å². The second-order valence-corrected chi connectivity index (χ2v) is 5.47. The van der Waals surface area contributed by atoms with Gasteiger partial charge in [-0.25, -0.2) is 9.18 Å². The van der Waals surface area contributed by atoms with E-state index in [0.29, 0.717) is 11.5 Å². The van der Waals surface area contributed by atoms with Crippen molar-refractivity contribution in [1.82, 2.24) is 0 Å². The van der Waals surface area contributed by atoms with E-state index in [2.05, 4.69) is 16.9 Å². The van der Waals surface area contributed by atoms with Crippen LogP contribution in [0.4, 0.5) is 4.39 Å². The van der Waals surface area contributed by atoms with E-state index in [9.17, 15) is 9.18 Å². The first-order valence-corrected chi connectivity index (χ1v) is 7.16. The maximum atomic E-state index is 13.7. The molecule has 0 N–H and O–H groups in total. The van der Waals surface area contributed by atoms with Gasteiger partial charge >= 0.3 is 5.97 Å². The Morgan fingerprint density at radius 3 is 2.38 bits per heavy atom. The van der Waals surface area contributed by atoms with Gasteiger partial charge in [-0.15, -0.1) is 0 Å². The van der Waals surface area contributed by atoms with Crippen LogP contribution in [0.25, 0.3) is 11.1 Å². The molecule has 0 radical (unpaired) electrons. The van der Waals surface area contributed by atoms with Crippen molar-refractivity contribution < 1.29 is 13.9 Å². The van der Waals surface area contributed by atoms with E-state index in [4.69, 9.17) is 0 Å². The summed E-state index contributed by atoms with van der Waals surface area (Å²) < 4.78 is 18.3. The summed E-state index contributed by atoms with van der Waals surface area (Å²) in [5.41, 5.74) is 3.17. The highest BCUT2D eigenvalue weighted by atomic mass is 19.1. The molecule has 0 spiro atoms. The smallest absolute Gasteiger partial charge is 0.337 e. The Hall–Kier alpha value is -2.16. The number of carbonyl (C=O) groups excluding carboxylic acids is 1. The van der Waals surface area contributed by atoms with Crippen molar-refractivity contribution in [3.63, 3.8) is 0 Å². The molecule has 108 valence electrons. The maximum absolute atomic E-state index is 13.7. The summed E-state index contributed by atoms with van der Waals surface area (Å²) in [6.07, 6.45) is 3.82. The van der Waals surface area contributed by atoms with Crippen molar-refractivity contribution >= 4 is 5.97 Å². The van der Waals surface area contributed by atoms with Crippen LogP contribution in [0.2, 0.25) is 0 Å². The van der Waals surface area contributed by atoms with Crippen molar-refractivity contribution in [3.8, 4) is 11.1 Å². The van der Waals surface area contributed by atoms with Gasteiger partial charge in [-0.05, 0) is 53.6 Å². The number of hydrogen-bond acceptors (Lipinski definition) is 2. The number of benzene rings is 2. The van der Waals surface area contributed by atoms with Gasteiger partial charge in [0.1, 0.15) is 5.82 Å². The van der Waals surface area contributed by atoms with Crippen LogP contribution in [0.1, 0.15) is 41.1 Å². The summed E-state index contributed by atoms with van der Waals surface area (Å²) in [7, 11) is 1.29. The molecule has 0 amide bonds. The first-order chi connectivity index (χ1) is 10.2. The summed E-state index contributed by atoms with van der Waals surface area (Å²) in [4.78, 5) is 11.6. The molecule has 1 aliphatic rings. The lowest BCUT2D eigenvalue weighted by Crippen LogP contribution is -2.08. The Morgan fingerprint density at radius 2 is 1.81 bits per heavy atom. The molecular weight excluding hydrogens is 267 g/mol. The van der Waals surface area contributed by atoms with E-state index in [1.165, 1.54) is 44.1 Å². The molecule has 2 aromatic rings.